The Bertz CT molecular complexity index is 163. The van der Waals surface area contributed by atoms with Gasteiger partial charge in [-0.1, -0.05) is 65.2 Å². The van der Waals surface area contributed by atoms with E-state index in [-0.39, 0.29) is 0 Å². The highest BCUT2D eigenvalue weighted by molar-refractivity contribution is 5.75. The van der Waals surface area contributed by atoms with Crippen molar-refractivity contribution in [3.8, 4) is 0 Å². The zero-order valence-corrected chi connectivity index (χ0v) is 11.6. The molecule has 0 aromatic carbocycles. The van der Waals surface area contributed by atoms with Crippen molar-refractivity contribution >= 4 is 5.78 Å². The molecule has 0 aromatic heterocycles. The molecule has 0 rings (SSSR count). The highest BCUT2D eigenvalue weighted by Crippen LogP contribution is 2.14. The number of hydrogen-bond donors (Lipinski definition) is 0. The first-order valence-corrected chi connectivity index (χ1v) is 7.16. The molecule has 0 saturated heterocycles. The summed E-state index contributed by atoms with van der Waals surface area (Å²) in [7, 11) is 0. The summed E-state index contributed by atoms with van der Waals surface area (Å²) in [6.45, 7) is 6.32. The minimum atomic E-state index is 0.341. The summed E-state index contributed by atoms with van der Waals surface area (Å²) in [5, 5.41) is 0. The van der Waals surface area contributed by atoms with E-state index >= 15 is 0 Å². The highest BCUT2D eigenvalue weighted by atomic mass is 16.1. The average Bonchev–Trinajstić information content (AvgIpc) is 2.26. The maximum atomic E-state index is 10.7. The Kier molecular flexibility index (Phi) is 10.9. The second-order valence-electron chi connectivity index (χ2n) is 5.23. The maximum absolute atomic E-state index is 10.7. The molecule has 0 N–H and O–H groups in total. The van der Waals surface area contributed by atoms with Crippen molar-refractivity contribution < 1.29 is 4.79 Å². The van der Waals surface area contributed by atoms with Gasteiger partial charge in [0.25, 0.3) is 0 Å². The Labute approximate surface area is 102 Å². The predicted octanol–water partition coefficient (Wildman–Crippen LogP) is 5.13. The minimum absolute atomic E-state index is 0.341. The Morgan fingerprint density at radius 3 is 1.94 bits per heavy atom. The van der Waals surface area contributed by atoms with Crippen LogP contribution in [-0.2, 0) is 4.79 Å². The third kappa shape index (κ3) is 11.7. The van der Waals surface area contributed by atoms with Gasteiger partial charge in [-0.15, -0.1) is 0 Å². The van der Waals surface area contributed by atoms with Gasteiger partial charge >= 0.3 is 0 Å². The molecule has 0 aliphatic carbocycles. The lowest BCUT2D eigenvalue weighted by molar-refractivity contribution is -0.117. The molecule has 0 saturated carbocycles. The van der Waals surface area contributed by atoms with E-state index in [0.717, 1.165) is 18.8 Å². The maximum Gasteiger partial charge on any atom is 0.129 e. The van der Waals surface area contributed by atoms with Crippen LogP contribution in [0.1, 0.15) is 85.0 Å². The number of Topliss-reactive ketones (excluding diaryl/α,β-unsaturated/α-hetero) is 1. The fourth-order valence-electron chi connectivity index (χ4n) is 1.95. The predicted molar refractivity (Wildman–Crippen MR) is 71.7 cm³/mol. The molecule has 16 heavy (non-hydrogen) atoms. The van der Waals surface area contributed by atoms with Gasteiger partial charge < -0.3 is 4.79 Å². The molecular formula is C15H30O. The molecule has 1 atom stereocenters. The lowest BCUT2D eigenvalue weighted by atomic mass is 9.99. The molecule has 0 fully saturated rings. The topological polar surface area (TPSA) is 17.1 Å². The third-order valence-corrected chi connectivity index (χ3v) is 3.42. The van der Waals surface area contributed by atoms with E-state index in [1.165, 1.54) is 51.4 Å². The molecule has 0 aliphatic rings. The van der Waals surface area contributed by atoms with Crippen molar-refractivity contribution in [2.75, 3.05) is 0 Å². The second kappa shape index (κ2) is 11.2. The number of unbranched alkanes of at least 4 members (excludes halogenated alkanes) is 6. The van der Waals surface area contributed by atoms with E-state index in [4.69, 9.17) is 0 Å². The van der Waals surface area contributed by atoms with Crippen LogP contribution in [0.4, 0.5) is 0 Å². The van der Waals surface area contributed by atoms with Gasteiger partial charge in [-0.2, -0.15) is 0 Å². The Balaban J connectivity index is 3.01. The molecule has 0 aromatic rings. The average molecular weight is 226 g/mol. The lowest BCUT2D eigenvalue weighted by Gasteiger charge is -2.07. The van der Waals surface area contributed by atoms with Gasteiger partial charge in [0.05, 0.1) is 0 Å². The summed E-state index contributed by atoms with van der Waals surface area (Å²) in [6.07, 6.45) is 12.7. The first kappa shape index (κ1) is 15.7. The van der Waals surface area contributed by atoms with Gasteiger partial charge in [-0.25, -0.2) is 0 Å². The van der Waals surface area contributed by atoms with E-state index in [0.29, 0.717) is 5.78 Å². The normalized spacial score (nSPS) is 12.7. The summed E-state index contributed by atoms with van der Waals surface area (Å²) < 4.78 is 0. The molecule has 0 spiro atoms. The Morgan fingerprint density at radius 2 is 1.44 bits per heavy atom. The largest absolute Gasteiger partial charge is 0.300 e. The van der Waals surface area contributed by atoms with Gasteiger partial charge in [0.2, 0.25) is 0 Å². The molecule has 1 heteroatoms. The molecule has 0 amide bonds. The zero-order valence-electron chi connectivity index (χ0n) is 11.6. The van der Waals surface area contributed by atoms with Crippen molar-refractivity contribution in [2.24, 2.45) is 5.92 Å². The molecule has 0 radical (unpaired) electrons. The van der Waals surface area contributed by atoms with Crippen LogP contribution in [0.25, 0.3) is 0 Å². The first-order chi connectivity index (χ1) is 7.66. The van der Waals surface area contributed by atoms with Crippen LogP contribution >= 0.6 is 0 Å². The molecule has 96 valence electrons. The lowest BCUT2D eigenvalue weighted by Crippen LogP contribution is -1.92. The molecule has 0 bridgehead atoms. The number of carbonyl (C=O) groups is 1. The summed E-state index contributed by atoms with van der Waals surface area (Å²) >= 11 is 0. The molecular weight excluding hydrogens is 196 g/mol. The first-order valence-electron chi connectivity index (χ1n) is 7.16. The number of rotatable bonds is 11. The van der Waals surface area contributed by atoms with Crippen LogP contribution in [0.2, 0.25) is 0 Å². The standard InChI is InChI=1S/C15H30O/c1-4-14(2)12-10-8-6-5-7-9-11-13-15(3)16/h14H,4-13H2,1-3H3/t14-/m0/s1. The summed E-state index contributed by atoms with van der Waals surface area (Å²) in [5.41, 5.74) is 0. The van der Waals surface area contributed by atoms with Crippen LogP contribution in [0.3, 0.4) is 0 Å². The van der Waals surface area contributed by atoms with Crippen molar-refractivity contribution in [1.82, 2.24) is 0 Å². The highest BCUT2D eigenvalue weighted by Gasteiger charge is 1.98. The van der Waals surface area contributed by atoms with Crippen LogP contribution < -0.4 is 0 Å². The van der Waals surface area contributed by atoms with Gasteiger partial charge in [0.15, 0.2) is 0 Å². The Hall–Kier alpha value is -0.330. The molecule has 0 unspecified atom stereocenters. The summed E-state index contributed by atoms with van der Waals surface area (Å²) in [4.78, 5) is 10.7. The smallest absolute Gasteiger partial charge is 0.129 e. The van der Waals surface area contributed by atoms with E-state index < -0.39 is 0 Å². The van der Waals surface area contributed by atoms with E-state index in [2.05, 4.69) is 13.8 Å². The van der Waals surface area contributed by atoms with Gasteiger partial charge in [0, 0.05) is 6.42 Å². The summed E-state index contributed by atoms with van der Waals surface area (Å²) in [5.74, 6) is 1.25. The van der Waals surface area contributed by atoms with Crippen LogP contribution in [0.5, 0.6) is 0 Å². The van der Waals surface area contributed by atoms with Gasteiger partial charge in [-0.05, 0) is 19.3 Å². The monoisotopic (exact) mass is 226 g/mol. The third-order valence-electron chi connectivity index (χ3n) is 3.42. The van der Waals surface area contributed by atoms with E-state index in [1.54, 1.807) is 6.92 Å². The van der Waals surface area contributed by atoms with Crippen LogP contribution in [-0.4, -0.2) is 5.78 Å². The fraction of sp³-hybridized carbons (Fsp3) is 0.933. The number of ketones is 1. The van der Waals surface area contributed by atoms with E-state index in [1.807, 2.05) is 0 Å². The van der Waals surface area contributed by atoms with Gasteiger partial charge in [-0.3, -0.25) is 0 Å². The quantitative estimate of drug-likeness (QED) is 0.446. The SMILES string of the molecule is CC[C@H](C)CCCCCCCCCC(C)=O. The number of hydrogen-bond acceptors (Lipinski definition) is 1. The fourth-order valence-corrected chi connectivity index (χ4v) is 1.95. The second-order valence-corrected chi connectivity index (χ2v) is 5.23. The summed E-state index contributed by atoms with van der Waals surface area (Å²) in [6, 6.07) is 0. The van der Waals surface area contributed by atoms with E-state index in [9.17, 15) is 4.79 Å². The van der Waals surface area contributed by atoms with Crippen molar-refractivity contribution in [1.29, 1.82) is 0 Å². The zero-order chi connectivity index (χ0) is 12.2. The number of carbonyl (C=O) groups excluding carboxylic acids is 1. The molecule has 0 aliphatic heterocycles. The molecule has 0 heterocycles. The van der Waals surface area contributed by atoms with Crippen molar-refractivity contribution in [2.45, 2.75) is 85.0 Å². The van der Waals surface area contributed by atoms with Crippen LogP contribution in [0.15, 0.2) is 0 Å². The van der Waals surface area contributed by atoms with Crippen molar-refractivity contribution in [3.05, 3.63) is 0 Å². The van der Waals surface area contributed by atoms with Gasteiger partial charge in [0.1, 0.15) is 5.78 Å². The minimum Gasteiger partial charge on any atom is -0.300 e. The van der Waals surface area contributed by atoms with Crippen molar-refractivity contribution in [3.63, 3.8) is 0 Å². The van der Waals surface area contributed by atoms with Crippen LogP contribution in [0, 0.1) is 5.92 Å². The molecule has 1 nitrogen and oxygen atoms in total. The Morgan fingerprint density at radius 1 is 0.938 bits per heavy atom.